The summed E-state index contributed by atoms with van der Waals surface area (Å²) in [6.45, 7) is 7.75. The Morgan fingerprint density at radius 1 is 1.36 bits per heavy atom. The van der Waals surface area contributed by atoms with Gasteiger partial charge in [-0.1, -0.05) is 26.7 Å². The molecule has 0 saturated carbocycles. The average Bonchev–Trinajstić information content (AvgIpc) is 2.20. The smallest absolute Gasteiger partial charge is 0.0471 e. The maximum absolute atomic E-state index is 5.47. The van der Waals surface area contributed by atoms with Crippen molar-refractivity contribution in [2.75, 3.05) is 26.8 Å². The third-order valence-corrected chi connectivity index (χ3v) is 3.78. The maximum Gasteiger partial charge on any atom is 0.0471 e. The van der Waals surface area contributed by atoms with Gasteiger partial charge in [-0.25, -0.2) is 0 Å². The Bertz CT molecular complexity index is 147. The van der Waals surface area contributed by atoms with Crippen LogP contribution in [0.3, 0.4) is 0 Å². The highest BCUT2D eigenvalue weighted by Gasteiger charge is 2.36. The van der Waals surface area contributed by atoms with Gasteiger partial charge in [0.15, 0.2) is 0 Å². The summed E-state index contributed by atoms with van der Waals surface area (Å²) in [6, 6.07) is 0. The molecule has 1 N–H and O–H groups in total. The highest BCUT2D eigenvalue weighted by atomic mass is 16.5. The lowest BCUT2D eigenvalue weighted by atomic mass is 9.69. The van der Waals surface area contributed by atoms with Crippen molar-refractivity contribution >= 4 is 0 Å². The van der Waals surface area contributed by atoms with Gasteiger partial charge in [0.05, 0.1) is 0 Å². The molecule has 0 aromatic carbocycles. The zero-order valence-electron chi connectivity index (χ0n) is 9.94. The molecular formula is C12H25NO. The SMILES string of the molecule is CCCC(C)C1(CNC)CCOCC1. The molecule has 1 atom stereocenters. The fraction of sp³-hybridized carbons (Fsp3) is 1.00. The van der Waals surface area contributed by atoms with E-state index in [0.717, 1.165) is 25.7 Å². The molecule has 1 aliphatic rings. The van der Waals surface area contributed by atoms with Crippen molar-refractivity contribution in [2.45, 2.75) is 39.5 Å². The second-order valence-corrected chi connectivity index (χ2v) is 4.69. The summed E-state index contributed by atoms with van der Waals surface area (Å²) >= 11 is 0. The van der Waals surface area contributed by atoms with Gasteiger partial charge in [0, 0.05) is 19.8 Å². The van der Waals surface area contributed by atoms with E-state index in [1.54, 1.807) is 0 Å². The van der Waals surface area contributed by atoms with Gasteiger partial charge in [-0.2, -0.15) is 0 Å². The quantitative estimate of drug-likeness (QED) is 0.734. The van der Waals surface area contributed by atoms with Crippen molar-refractivity contribution in [2.24, 2.45) is 11.3 Å². The lowest BCUT2D eigenvalue weighted by molar-refractivity contribution is -0.0152. The van der Waals surface area contributed by atoms with E-state index >= 15 is 0 Å². The van der Waals surface area contributed by atoms with Crippen LogP contribution in [0.15, 0.2) is 0 Å². The van der Waals surface area contributed by atoms with Gasteiger partial charge in [-0.15, -0.1) is 0 Å². The summed E-state index contributed by atoms with van der Waals surface area (Å²) in [7, 11) is 2.07. The molecule has 1 unspecified atom stereocenters. The molecule has 1 rings (SSSR count). The number of nitrogens with one attached hydrogen (secondary N) is 1. The minimum Gasteiger partial charge on any atom is -0.381 e. The number of ether oxygens (including phenoxy) is 1. The number of rotatable bonds is 5. The molecule has 0 bridgehead atoms. The first-order valence-electron chi connectivity index (χ1n) is 5.97. The summed E-state index contributed by atoms with van der Waals surface area (Å²) in [5, 5.41) is 3.36. The molecule has 0 aromatic rings. The standard InChI is InChI=1S/C12H25NO/c1-4-5-11(2)12(10-13-3)6-8-14-9-7-12/h11,13H,4-10H2,1-3H3. The van der Waals surface area contributed by atoms with Gasteiger partial charge in [-0.3, -0.25) is 0 Å². The molecule has 2 nitrogen and oxygen atoms in total. The van der Waals surface area contributed by atoms with Gasteiger partial charge in [-0.05, 0) is 31.2 Å². The summed E-state index contributed by atoms with van der Waals surface area (Å²) in [5.74, 6) is 0.823. The largest absolute Gasteiger partial charge is 0.381 e. The van der Waals surface area contributed by atoms with Gasteiger partial charge in [0.25, 0.3) is 0 Å². The molecular weight excluding hydrogens is 174 g/mol. The van der Waals surface area contributed by atoms with Crippen molar-refractivity contribution in [1.29, 1.82) is 0 Å². The highest BCUT2D eigenvalue weighted by Crippen LogP contribution is 2.39. The van der Waals surface area contributed by atoms with Crippen LogP contribution in [0.4, 0.5) is 0 Å². The maximum atomic E-state index is 5.47. The van der Waals surface area contributed by atoms with E-state index in [1.807, 2.05) is 0 Å². The monoisotopic (exact) mass is 199 g/mol. The van der Waals surface area contributed by atoms with Crippen LogP contribution in [-0.4, -0.2) is 26.8 Å². The van der Waals surface area contributed by atoms with E-state index in [1.165, 1.54) is 25.7 Å². The van der Waals surface area contributed by atoms with Crippen LogP contribution >= 0.6 is 0 Å². The first-order valence-corrected chi connectivity index (χ1v) is 5.97. The van der Waals surface area contributed by atoms with Crippen molar-refractivity contribution in [1.82, 2.24) is 5.32 Å². The summed E-state index contributed by atoms with van der Waals surface area (Å²) in [5.41, 5.74) is 0.503. The van der Waals surface area contributed by atoms with Crippen LogP contribution in [0.2, 0.25) is 0 Å². The Kier molecular flexibility index (Phi) is 4.90. The van der Waals surface area contributed by atoms with Gasteiger partial charge in [0.2, 0.25) is 0 Å². The summed E-state index contributed by atoms with van der Waals surface area (Å²) in [4.78, 5) is 0. The minimum atomic E-state index is 0.503. The third kappa shape index (κ3) is 2.71. The zero-order valence-corrected chi connectivity index (χ0v) is 9.94. The molecule has 2 heteroatoms. The molecule has 1 heterocycles. The van der Waals surface area contributed by atoms with Crippen LogP contribution < -0.4 is 5.32 Å². The Morgan fingerprint density at radius 3 is 2.50 bits per heavy atom. The van der Waals surface area contributed by atoms with E-state index in [-0.39, 0.29) is 0 Å². The number of hydrogen-bond donors (Lipinski definition) is 1. The Morgan fingerprint density at radius 2 is 2.00 bits per heavy atom. The Balaban J connectivity index is 2.58. The van der Waals surface area contributed by atoms with Crippen molar-refractivity contribution in [3.05, 3.63) is 0 Å². The first kappa shape index (κ1) is 12.0. The van der Waals surface area contributed by atoms with Crippen LogP contribution in [0.5, 0.6) is 0 Å². The Hall–Kier alpha value is -0.0800. The van der Waals surface area contributed by atoms with E-state index in [0.29, 0.717) is 5.41 Å². The molecule has 0 amide bonds. The first-order chi connectivity index (χ1) is 6.75. The molecule has 14 heavy (non-hydrogen) atoms. The van der Waals surface area contributed by atoms with Crippen LogP contribution in [0, 0.1) is 11.3 Å². The lowest BCUT2D eigenvalue weighted by Gasteiger charge is -2.42. The van der Waals surface area contributed by atoms with E-state index in [9.17, 15) is 0 Å². The van der Waals surface area contributed by atoms with Crippen molar-refractivity contribution in [3.8, 4) is 0 Å². The van der Waals surface area contributed by atoms with Gasteiger partial charge < -0.3 is 10.1 Å². The van der Waals surface area contributed by atoms with E-state index < -0.39 is 0 Å². The summed E-state index contributed by atoms with van der Waals surface area (Å²) < 4.78 is 5.47. The normalized spacial score (nSPS) is 23.4. The minimum absolute atomic E-state index is 0.503. The fourth-order valence-electron chi connectivity index (χ4n) is 2.71. The van der Waals surface area contributed by atoms with Crippen LogP contribution in [-0.2, 0) is 4.74 Å². The summed E-state index contributed by atoms with van der Waals surface area (Å²) in [6.07, 6.45) is 5.11. The van der Waals surface area contributed by atoms with Gasteiger partial charge >= 0.3 is 0 Å². The molecule has 1 aliphatic heterocycles. The third-order valence-electron chi connectivity index (χ3n) is 3.78. The molecule has 0 aromatic heterocycles. The second-order valence-electron chi connectivity index (χ2n) is 4.69. The molecule has 0 aliphatic carbocycles. The second kappa shape index (κ2) is 5.72. The predicted molar refractivity (Wildman–Crippen MR) is 60.5 cm³/mol. The van der Waals surface area contributed by atoms with Gasteiger partial charge in [0.1, 0.15) is 0 Å². The lowest BCUT2D eigenvalue weighted by Crippen LogP contribution is -2.42. The number of hydrogen-bond acceptors (Lipinski definition) is 2. The molecule has 1 saturated heterocycles. The molecule has 0 spiro atoms. The average molecular weight is 199 g/mol. The topological polar surface area (TPSA) is 21.3 Å². The molecule has 0 radical (unpaired) electrons. The van der Waals surface area contributed by atoms with E-state index in [4.69, 9.17) is 4.74 Å². The predicted octanol–water partition coefficient (Wildman–Crippen LogP) is 2.44. The Labute approximate surface area is 88.4 Å². The zero-order chi connectivity index (χ0) is 10.4. The highest BCUT2D eigenvalue weighted by molar-refractivity contribution is 4.87. The molecule has 1 fully saturated rings. The molecule has 84 valence electrons. The van der Waals surface area contributed by atoms with Crippen molar-refractivity contribution in [3.63, 3.8) is 0 Å². The fourth-order valence-corrected chi connectivity index (χ4v) is 2.71. The van der Waals surface area contributed by atoms with Crippen molar-refractivity contribution < 1.29 is 4.74 Å². The van der Waals surface area contributed by atoms with E-state index in [2.05, 4.69) is 26.2 Å². The van der Waals surface area contributed by atoms with Crippen LogP contribution in [0.1, 0.15) is 39.5 Å². The van der Waals surface area contributed by atoms with Crippen LogP contribution in [0.25, 0.3) is 0 Å².